The number of nitriles is 1. The molecule has 1 saturated heterocycles. The number of nitrogens with zero attached hydrogens (tertiary/aromatic N) is 2. The Balaban J connectivity index is 2.33. The summed E-state index contributed by atoms with van der Waals surface area (Å²) in [6, 6.07) is 5.35. The van der Waals surface area contributed by atoms with Crippen LogP contribution in [0.3, 0.4) is 0 Å². The number of carbonyl (C=O) groups excluding carboxylic acids is 2. The Morgan fingerprint density at radius 3 is 2.90 bits per heavy atom. The molecule has 5 nitrogen and oxygen atoms in total. The van der Waals surface area contributed by atoms with Crippen LogP contribution in [0.25, 0.3) is 0 Å². The van der Waals surface area contributed by atoms with Crippen molar-refractivity contribution in [3.8, 4) is 11.2 Å². The van der Waals surface area contributed by atoms with Crippen LogP contribution in [0.4, 0.5) is 5.69 Å². The quantitative estimate of drug-likeness (QED) is 0.627. The van der Waals surface area contributed by atoms with E-state index in [4.69, 9.17) is 10.00 Å². The molecule has 1 aliphatic rings. The summed E-state index contributed by atoms with van der Waals surface area (Å²) in [5, 5.41) is 10.5. The minimum atomic E-state index is -0.433. The molecule has 1 fully saturated rings. The van der Waals surface area contributed by atoms with Gasteiger partial charge in [-0.3, -0.25) is 9.59 Å². The van der Waals surface area contributed by atoms with Crippen LogP contribution in [-0.2, 0) is 9.59 Å². The Kier molecular flexibility index (Phi) is 4.30. The molecule has 1 atom stereocenters. The third-order valence-corrected chi connectivity index (χ3v) is 3.86. The van der Waals surface area contributed by atoms with E-state index in [0.717, 1.165) is 17.3 Å². The molecule has 2 rings (SSSR count). The highest BCUT2D eigenvalue weighted by molar-refractivity contribution is 8.03. The summed E-state index contributed by atoms with van der Waals surface area (Å²) in [5.74, 6) is -0.113. The van der Waals surface area contributed by atoms with E-state index >= 15 is 0 Å². The molecule has 0 bridgehead atoms. The first-order valence-corrected chi connectivity index (χ1v) is 7.09. The average molecular weight is 290 g/mol. The molecule has 104 valence electrons. The molecular weight excluding hydrogens is 276 g/mol. The summed E-state index contributed by atoms with van der Waals surface area (Å²) in [4.78, 5) is 25.6. The molecular formula is C14H14N2O3S. The third-order valence-electron chi connectivity index (χ3n) is 3.16. The van der Waals surface area contributed by atoms with E-state index in [2.05, 4.69) is 0 Å². The SMILES string of the molecule is COc1ccc(C)cc1N1C(=O)CC(CSC#N)C1=O. The van der Waals surface area contributed by atoms with Crippen LogP contribution < -0.4 is 9.64 Å². The number of carbonyl (C=O) groups is 2. The van der Waals surface area contributed by atoms with Crippen LogP contribution in [0.5, 0.6) is 5.75 Å². The largest absolute Gasteiger partial charge is 0.495 e. The molecule has 1 heterocycles. The minimum Gasteiger partial charge on any atom is -0.495 e. The Bertz CT molecular complexity index is 595. The second kappa shape index (κ2) is 5.97. The van der Waals surface area contributed by atoms with Crippen LogP contribution in [0, 0.1) is 23.5 Å². The van der Waals surface area contributed by atoms with Crippen molar-refractivity contribution in [1.82, 2.24) is 0 Å². The molecule has 1 aromatic carbocycles. The van der Waals surface area contributed by atoms with Gasteiger partial charge in [-0.2, -0.15) is 5.26 Å². The van der Waals surface area contributed by atoms with Crippen molar-refractivity contribution in [3.05, 3.63) is 23.8 Å². The molecule has 1 unspecified atom stereocenters. The average Bonchev–Trinajstić information content (AvgIpc) is 2.71. The lowest BCUT2D eigenvalue weighted by Crippen LogP contribution is -2.31. The number of rotatable bonds is 4. The van der Waals surface area contributed by atoms with Crippen molar-refractivity contribution in [2.75, 3.05) is 17.8 Å². The lowest BCUT2D eigenvalue weighted by atomic mass is 10.1. The van der Waals surface area contributed by atoms with Crippen LogP contribution in [0.2, 0.25) is 0 Å². The molecule has 2 amide bonds. The molecule has 20 heavy (non-hydrogen) atoms. The summed E-state index contributed by atoms with van der Waals surface area (Å²) >= 11 is 0.996. The lowest BCUT2D eigenvalue weighted by molar-refractivity contribution is -0.122. The fraction of sp³-hybridized carbons (Fsp3) is 0.357. The third kappa shape index (κ3) is 2.63. The van der Waals surface area contributed by atoms with E-state index in [1.165, 1.54) is 12.0 Å². The smallest absolute Gasteiger partial charge is 0.238 e. The van der Waals surface area contributed by atoms with E-state index in [9.17, 15) is 9.59 Å². The van der Waals surface area contributed by atoms with Gasteiger partial charge >= 0.3 is 0 Å². The first-order valence-electron chi connectivity index (χ1n) is 6.10. The van der Waals surface area contributed by atoms with Crippen LogP contribution >= 0.6 is 11.8 Å². The molecule has 0 aliphatic carbocycles. The zero-order chi connectivity index (χ0) is 14.7. The first-order chi connectivity index (χ1) is 9.58. The van der Waals surface area contributed by atoms with Crippen molar-refractivity contribution in [3.63, 3.8) is 0 Å². The van der Waals surface area contributed by atoms with Crippen molar-refractivity contribution in [1.29, 1.82) is 5.26 Å². The maximum atomic E-state index is 12.3. The summed E-state index contributed by atoms with van der Waals surface area (Å²) in [7, 11) is 1.50. The zero-order valence-electron chi connectivity index (χ0n) is 11.3. The fourth-order valence-corrected chi connectivity index (χ4v) is 2.73. The molecule has 0 saturated carbocycles. The van der Waals surface area contributed by atoms with Gasteiger partial charge in [-0.25, -0.2) is 4.90 Å². The maximum Gasteiger partial charge on any atom is 0.238 e. The molecule has 0 spiro atoms. The van der Waals surface area contributed by atoms with Gasteiger partial charge in [0.15, 0.2) is 0 Å². The van der Waals surface area contributed by atoms with Gasteiger partial charge in [0.1, 0.15) is 11.2 Å². The normalized spacial score (nSPS) is 18.2. The Morgan fingerprint density at radius 2 is 2.25 bits per heavy atom. The van der Waals surface area contributed by atoms with Gasteiger partial charge in [0.25, 0.3) is 0 Å². The number of hydrogen-bond acceptors (Lipinski definition) is 5. The van der Waals surface area contributed by atoms with E-state index in [0.29, 0.717) is 17.2 Å². The van der Waals surface area contributed by atoms with E-state index in [1.807, 2.05) is 18.4 Å². The van der Waals surface area contributed by atoms with Gasteiger partial charge in [-0.05, 0) is 36.4 Å². The van der Waals surface area contributed by atoms with Gasteiger partial charge in [0.05, 0.1) is 18.7 Å². The monoisotopic (exact) mass is 290 g/mol. The van der Waals surface area contributed by atoms with Crippen molar-refractivity contribution in [2.45, 2.75) is 13.3 Å². The number of amides is 2. The van der Waals surface area contributed by atoms with Crippen molar-refractivity contribution < 1.29 is 14.3 Å². The fourth-order valence-electron chi connectivity index (χ4n) is 2.19. The molecule has 6 heteroatoms. The van der Waals surface area contributed by atoms with Gasteiger partial charge < -0.3 is 4.74 Å². The number of methoxy groups -OCH3 is 1. The topological polar surface area (TPSA) is 70.4 Å². The summed E-state index contributed by atoms with van der Waals surface area (Å²) in [6.45, 7) is 1.89. The second-order valence-corrected chi connectivity index (χ2v) is 5.35. The van der Waals surface area contributed by atoms with Gasteiger partial charge in [0, 0.05) is 12.2 Å². The predicted molar refractivity (Wildman–Crippen MR) is 76.4 cm³/mol. The van der Waals surface area contributed by atoms with Crippen molar-refractivity contribution >= 4 is 29.3 Å². The zero-order valence-corrected chi connectivity index (χ0v) is 12.1. The lowest BCUT2D eigenvalue weighted by Gasteiger charge is -2.18. The molecule has 1 aliphatic heterocycles. The molecule has 0 radical (unpaired) electrons. The highest BCUT2D eigenvalue weighted by Gasteiger charge is 2.40. The number of imide groups is 1. The number of hydrogen-bond donors (Lipinski definition) is 0. The highest BCUT2D eigenvalue weighted by atomic mass is 32.2. The first kappa shape index (κ1) is 14.4. The molecule has 0 N–H and O–H groups in total. The molecule has 0 aromatic heterocycles. The van der Waals surface area contributed by atoms with E-state index in [-0.39, 0.29) is 18.2 Å². The Morgan fingerprint density at radius 1 is 1.50 bits per heavy atom. The number of aryl methyl sites for hydroxylation is 1. The minimum absolute atomic E-state index is 0.143. The van der Waals surface area contributed by atoms with E-state index in [1.54, 1.807) is 12.1 Å². The summed E-state index contributed by atoms with van der Waals surface area (Å²) < 4.78 is 5.22. The van der Waals surface area contributed by atoms with Crippen molar-refractivity contribution in [2.24, 2.45) is 5.92 Å². The number of thioether (sulfide) groups is 1. The Labute approximate surface area is 121 Å². The second-order valence-electron chi connectivity index (χ2n) is 4.55. The number of thiocyanates is 1. The highest BCUT2D eigenvalue weighted by Crippen LogP contribution is 2.35. The van der Waals surface area contributed by atoms with Crippen LogP contribution in [-0.4, -0.2) is 24.7 Å². The van der Waals surface area contributed by atoms with Crippen LogP contribution in [0.15, 0.2) is 18.2 Å². The Hall–Kier alpha value is -2.00. The molecule has 1 aromatic rings. The summed E-state index contributed by atoms with van der Waals surface area (Å²) in [6.07, 6.45) is 0.143. The number of anilines is 1. The van der Waals surface area contributed by atoms with E-state index < -0.39 is 5.92 Å². The van der Waals surface area contributed by atoms with Gasteiger partial charge in [-0.1, -0.05) is 6.07 Å². The van der Waals surface area contributed by atoms with Gasteiger partial charge in [-0.15, -0.1) is 0 Å². The van der Waals surface area contributed by atoms with Gasteiger partial charge in [0.2, 0.25) is 11.8 Å². The summed E-state index contributed by atoms with van der Waals surface area (Å²) in [5.41, 5.74) is 1.42. The maximum absolute atomic E-state index is 12.3. The number of benzene rings is 1. The standard InChI is InChI=1S/C14H14N2O3S/c1-9-3-4-12(19-2)11(5-9)16-13(17)6-10(14(16)18)7-20-8-15/h3-5,10H,6-7H2,1-2H3. The number of ether oxygens (including phenoxy) is 1. The van der Waals surface area contributed by atoms with Crippen LogP contribution in [0.1, 0.15) is 12.0 Å². The predicted octanol–water partition coefficient (Wildman–Crippen LogP) is 2.10.